The maximum atomic E-state index is 10.4. The zero-order valence-electron chi connectivity index (χ0n) is 19.3. The van der Waals surface area contributed by atoms with Crippen LogP contribution in [-0.2, 0) is 6.42 Å². The number of nitrogens with zero attached hydrogens (tertiary/aromatic N) is 3. The second-order valence-electron chi connectivity index (χ2n) is 8.30. The Labute approximate surface area is 190 Å². The van der Waals surface area contributed by atoms with E-state index < -0.39 is 5.60 Å². The lowest BCUT2D eigenvalue weighted by Crippen LogP contribution is -2.22. The van der Waals surface area contributed by atoms with Gasteiger partial charge >= 0.3 is 0 Å². The molecule has 0 fully saturated rings. The summed E-state index contributed by atoms with van der Waals surface area (Å²) in [6, 6.07) is 14.1. The molecule has 5 nitrogen and oxygen atoms in total. The Morgan fingerprint density at radius 1 is 1.22 bits per heavy atom. The van der Waals surface area contributed by atoms with Gasteiger partial charge in [-0.15, -0.1) is 0 Å². The molecule has 0 radical (unpaired) electrons. The Morgan fingerprint density at radius 3 is 2.56 bits per heavy atom. The summed E-state index contributed by atoms with van der Waals surface area (Å²) >= 11 is 0. The first-order valence-electron chi connectivity index (χ1n) is 11.0. The van der Waals surface area contributed by atoms with E-state index >= 15 is 0 Å². The predicted octanol–water partition coefficient (Wildman–Crippen LogP) is 5.84. The van der Waals surface area contributed by atoms with Crippen LogP contribution >= 0.6 is 0 Å². The van der Waals surface area contributed by atoms with E-state index in [1.807, 2.05) is 70.3 Å². The average Bonchev–Trinajstić information content (AvgIpc) is 3.24. The lowest BCUT2D eigenvalue weighted by atomic mass is 9.93. The number of rotatable bonds is 9. The van der Waals surface area contributed by atoms with E-state index in [4.69, 9.17) is 10.4 Å². The normalized spacial score (nSPS) is 14.0. The van der Waals surface area contributed by atoms with Crippen LogP contribution in [0.15, 0.2) is 72.5 Å². The Hall–Kier alpha value is -3.31. The molecule has 0 unspecified atom stereocenters. The van der Waals surface area contributed by atoms with Crippen molar-refractivity contribution in [3.05, 3.63) is 89.4 Å². The summed E-state index contributed by atoms with van der Waals surface area (Å²) < 4.78 is 1.73. The molecule has 2 N–H and O–H groups in total. The van der Waals surface area contributed by atoms with Crippen LogP contribution in [0.3, 0.4) is 0 Å². The molecule has 0 aliphatic carbocycles. The molecular formula is C27H32N4O. The van der Waals surface area contributed by atoms with Crippen LogP contribution in [0.4, 0.5) is 0 Å². The molecule has 2 heterocycles. The maximum absolute atomic E-state index is 10.4. The monoisotopic (exact) mass is 428 g/mol. The van der Waals surface area contributed by atoms with Crippen molar-refractivity contribution in [2.45, 2.75) is 52.6 Å². The number of hydrogen-bond acceptors (Lipinski definition) is 4. The van der Waals surface area contributed by atoms with Gasteiger partial charge in [-0.05, 0) is 50.5 Å². The first kappa shape index (κ1) is 23.4. The number of aromatic nitrogens is 3. The maximum Gasteiger partial charge on any atom is 0.162 e. The molecule has 0 aliphatic heterocycles. The van der Waals surface area contributed by atoms with Crippen molar-refractivity contribution in [3.8, 4) is 16.9 Å². The van der Waals surface area contributed by atoms with Crippen molar-refractivity contribution in [3.63, 3.8) is 0 Å². The van der Waals surface area contributed by atoms with Gasteiger partial charge in [0, 0.05) is 36.4 Å². The van der Waals surface area contributed by atoms with Crippen LogP contribution in [0.2, 0.25) is 0 Å². The molecule has 3 aromatic rings. The van der Waals surface area contributed by atoms with E-state index in [0.717, 1.165) is 28.1 Å². The predicted molar refractivity (Wildman–Crippen MR) is 132 cm³/mol. The van der Waals surface area contributed by atoms with Crippen molar-refractivity contribution >= 4 is 6.21 Å². The number of hydrogen-bond donors (Lipinski definition) is 2. The highest BCUT2D eigenvalue weighted by Gasteiger charge is 2.18. The number of aliphatic hydroxyl groups is 1. The van der Waals surface area contributed by atoms with Gasteiger partial charge in [-0.25, -0.2) is 9.67 Å². The SMILES string of the molecule is C/C=C(\C=C/Cc1nc(-n2ccc(C)n2)c(C=N)cc1-c1ccccc1)C[C@](C)(O)CC. The number of benzene rings is 1. The Balaban J connectivity index is 2.01. The summed E-state index contributed by atoms with van der Waals surface area (Å²) in [5, 5.41) is 22.9. The molecule has 2 aromatic heterocycles. The minimum absolute atomic E-state index is 0.611. The number of nitrogens with one attached hydrogen (secondary N) is 1. The van der Waals surface area contributed by atoms with Gasteiger partial charge in [-0.2, -0.15) is 5.10 Å². The summed E-state index contributed by atoms with van der Waals surface area (Å²) in [6.07, 6.45) is 11.4. The van der Waals surface area contributed by atoms with Gasteiger partial charge in [-0.3, -0.25) is 0 Å². The molecular weight excluding hydrogens is 396 g/mol. The van der Waals surface area contributed by atoms with Crippen LogP contribution in [0.25, 0.3) is 16.9 Å². The van der Waals surface area contributed by atoms with Crippen LogP contribution < -0.4 is 0 Å². The van der Waals surface area contributed by atoms with Crippen LogP contribution in [0.5, 0.6) is 0 Å². The summed E-state index contributed by atoms with van der Waals surface area (Å²) in [4.78, 5) is 4.95. The van der Waals surface area contributed by atoms with Gasteiger partial charge in [0.1, 0.15) is 0 Å². The van der Waals surface area contributed by atoms with E-state index in [1.54, 1.807) is 4.68 Å². The largest absolute Gasteiger partial charge is 0.390 e. The molecule has 0 saturated carbocycles. The molecule has 166 valence electrons. The van der Waals surface area contributed by atoms with Gasteiger partial charge in [-0.1, -0.05) is 55.5 Å². The second kappa shape index (κ2) is 10.3. The third kappa shape index (κ3) is 5.68. The van der Waals surface area contributed by atoms with E-state index in [0.29, 0.717) is 30.6 Å². The van der Waals surface area contributed by atoms with Gasteiger partial charge in [0.25, 0.3) is 0 Å². The Kier molecular flexibility index (Phi) is 7.54. The second-order valence-corrected chi connectivity index (χ2v) is 8.30. The highest BCUT2D eigenvalue weighted by molar-refractivity contribution is 5.85. The molecule has 0 saturated heterocycles. The fourth-order valence-corrected chi connectivity index (χ4v) is 3.55. The summed E-state index contributed by atoms with van der Waals surface area (Å²) in [6.45, 7) is 7.80. The zero-order chi connectivity index (χ0) is 23.1. The van der Waals surface area contributed by atoms with Gasteiger partial charge in [0.05, 0.1) is 17.0 Å². The average molecular weight is 429 g/mol. The molecule has 0 amide bonds. The summed E-state index contributed by atoms with van der Waals surface area (Å²) in [5.41, 5.74) is 4.98. The van der Waals surface area contributed by atoms with E-state index in [2.05, 4.69) is 29.4 Å². The van der Waals surface area contributed by atoms with Crippen molar-refractivity contribution in [1.29, 1.82) is 5.41 Å². The van der Waals surface area contributed by atoms with Crippen molar-refractivity contribution in [2.75, 3.05) is 0 Å². The smallest absolute Gasteiger partial charge is 0.162 e. The van der Waals surface area contributed by atoms with E-state index in [9.17, 15) is 5.11 Å². The first-order chi connectivity index (χ1) is 15.4. The minimum atomic E-state index is -0.712. The van der Waals surface area contributed by atoms with Crippen LogP contribution in [0.1, 0.15) is 50.6 Å². The van der Waals surface area contributed by atoms with Crippen molar-refractivity contribution in [1.82, 2.24) is 14.8 Å². The first-order valence-corrected chi connectivity index (χ1v) is 11.0. The molecule has 1 aromatic carbocycles. The Bertz CT molecular complexity index is 1120. The van der Waals surface area contributed by atoms with Crippen LogP contribution in [-0.4, -0.2) is 31.7 Å². The van der Waals surface area contributed by atoms with E-state index in [1.165, 1.54) is 6.21 Å². The lowest BCUT2D eigenvalue weighted by molar-refractivity contribution is 0.0572. The molecule has 0 bridgehead atoms. The lowest BCUT2D eigenvalue weighted by Gasteiger charge is -2.21. The third-order valence-corrected chi connectivity index (χ3v) is 5.65. The molecule has 3 rings (SSSR count). The van der Waals surface area contributed by atoms with Gasteiger partial charge < -0.3 is 10.5 Å². The summed E-state index contributed by atoms with van der Waals surface area (Å²) in [5.74, 6) is 0.649. The highest BCUT2D eigenvalue weighted by Crippen LogP contribution is 2.27. The minimum Gasteiger partial charge on any atom is -0.390 e. The highest BCUT2D eigenvalue weighted by atomic mass is 16.3. The Morgan fingerprint density at radius 2 is 1.97 bits per heavy atom. The van der Waals surface area contributed by atoms with Gasteiger partial charge in [0.2, 0.25) is 0 Å². The fourth-order valence-electron chi connectivity index (χ4n) is 3.55. The standard InChI is InChI=1S/C27H32N4O/c1-5-21(18-27(4,32)6-2)11-10-14-25-24(22-12-8-7-9-13-22)17-23(19-28)26(29-25)31-16-15-20(3)30-31/h5,7-13,15-17,19,28,32H,6,14,18H2,1-4H3/b11-10-,21-5+,28-19?/t27-/m1/s1. The number of aryl methyl sites for hydroxylation is 1. The van der Waals surface area contributed by atoms with Crippen LogP contribution in [0, 0.1) is 12.3 Å². The van der Waals surface area contributed by atoms with Gasteiger partial charge in [0.15, 0.2) is 5.82 Å². The molecule has 1 atom stereocenters. The zero-order valence-corrected chi connectivity index (χ0v) is 19.3. The quantitative estimate of drug-likeness (QED) is 0.332. The molecule has 32 heavy (non-hydrogen) atoms. The number of allylic oxidation sites excluding steroid dienone is 3. The van der Waals surface area contributed by atoms with Crippen molar-refractivity contribution in [2.24, 2.45) is 0 Å². The molecule has 5 heteroatoms. The summed E-state index contributed by atoms with van der Waals surface area (Å²) in [7, 11) is 0. The third-order valence-electron chi connectivity index (χ3n) is 5.65. The fraction of sp³-hybridized carbons (Fsp3) is 0.296. The molecule has 0 spiro atoms. The number of pyridine rings is 1. The molecule has 0 aliphatic rings. The van der Waals surface area contributed by atoms with Crippen molar-refractivity contribution < 1.29 is 5.11 Å². The topological polar surface area (TPSA) is 74.8 Å². The van der Waals surface area contributed by atoms with E-state index in [-0.39, 0.29) is 0 Å².